The van der Waals surface area contributed by atoms with Gasteiger partial charge in [0.25, 0.3) is 0 Å². The molecular formula is C15H26BrN3O. The summed E-state index contributed by atoms with van der Waals surface area (Å²) in [6, 6.07) is 0.372. The Kier molecular flexibility index (Phi) is 6.05. The Balaban J connectivity index is 2.16. The molecule has 1 N–H and O–H groups in total. The van der Waals surface area contributed by atoms with Gasteiger partial charge in [0, 0.05) is 7.11 Å². The van der Waals surface area contributed by atoms with Crippen LogP contribution < -0.4 is 5.32 Å². The highest BCUT2D eigenvalue weighted by molar-refractivity contribution is 9.10. The summed E-state index contributed by atoms with van der Waals surface area (Å²) < 4.78 is 8.37. The lowest BCUT2D eigenvalue weighted by Crippen LogP contribution is -2.31. The molecule has 0 amide bonds. The number of rotatable bonds is 6. The molecule has 1 unspecified atom stereocenters. The van der Waals surface area contributed by atoms with E-state index in [2.05, 4.69) is 45.0 Å². The summed E-state index contributed by atoms with van der Waals surface area (Å²) in [5.41, 5.74) is 1.27. The van der Waals surface area contributed by atoms with Crippen LogP contribution in [-0.2, 0) is 11.3 Å². The van der Waals surface area contributed by atoms with Crippen molar-refractivity contribution in [1.82, 2.24) is 15.1 Å². The van der Waals surface area contributed by atoms with Gasteiger partial charge in [0.1, 0.15) is 0 Å². The van der Waals surface area contributed by atoms with E-state index in [0.29, 0.717) is 18.6 Å². The SMILES string of the molecule is CNC(c1c(Br)cnn1CCOC)C1CCC(C)CC1. The minimum absolute atomic E-state index is 0.372. The number of nitrogens with zero attached hydrogens (tertiary/aromatic N) is 2. The Labute approximate surface area is 130 Å². The number of halogens is 1. The minimum atomic E-state index is 0.372. The first-order chi connectivity index (χ1) is 9.67. The Morgan fingerprint density at radius 1 is 1.45 bits per heavy atom. The van der Waals surface area contributed by atoms with Gasteiger partial charge in [0.2, 0.25) is 0 Å². The zero-order valence-electron chi connectivity index (χ0n) is 12.7. The van der Waals surface area contributed by atoms with Gasteiger partial charge in [-0.3, -0.25) is 4.68 Å². The second-order valence-electron chi connectivity index (χ2n) is 5.88. The topological polar surface area (TPSA) is 39.1 Å². The van der Waals surface area contributed by atoms with Gasteiger partial charge in [0.05, 0.1) is 35.6 Å². The van der Waals surface area contributed by atoms with E-state index in [0.717, 1.165) is 16.9 Å². The fourth-order valence-electron chi connectivity index (χ4n) is 3.25. The molecule has 0 radical (unpaired) electrons. The lowest BCUT2D eigenvalue weighted by atomic mass is 9.78. The molecule has 2 rings (SSSR count). The second-order valence-corrected chi connectivity index (χ2v) is 6.73. The molecule has 1 aliphatic carbocycles. The molecule has 1 aromatic rings. The van der Waals surface area contributed by atoms with Crippen LogP contribution >= 0.6 is 15.9 Å². The van der Waals surface area contributed by atoms with Crippen molar-refractivity contribution in [3.63, 3.8) is 0 Å². The van der Waals surface area contributed by atoms with Crippen LogP contribution in [0.1, 0.15) is 44.3 Å². The van der Waals surface area contributed by atoms with Crippen molar-refractivity contribution in [2.24, 2.45) is 11.8 Å². The lowest BCUT2D eigenvalue weighted by molar-refractivity contribution is 0.178. The van der Waals surface area contributed by atoms with Crippen LogP contribution in [-0.4, -0.2) is 30.5 Å². The largest absolute Gasteiger partial charge is 0.383 e. The van der Waals surface area contributed by atoms with Crippen molar-refractivity contribution in [1.29, 1.82) is 0 Å². The van der Waals surface area contributed by atoms with Crippen LogP contribution in [0.25, 0.3) is 0 Å². The molecule has 0 spiro atoms. The Morgan fingerprint density at radius 3 is 2.75 bits per heavy atom. The Hall–Kier alpha value is -0.390. The van der Waals surface area contributed by atoms with E-state index in [4.69, 9.17) is 4.74 Å². The molecule has 1 aromatic heterocycles. The summed E-state index contributed by atoms with van der Waals surface area (Å²) >= 11 is 3.66. The third-order valence-corrected chi connectivity index (χ3v) is 5.09. The number of aromatic nitrogens is 2. The van der Waals surface area contributed by atoms with Crippen LogP contribution in [0.3, 0.4) is 0 Å². The Bertz CT molecular complexity index is 413. The zero-order valence-corrected chi connectivity index (χ0v) is 14.3. The molecule has 1 heterocycles. The van der Waals surface area contributed by atoms with Gasteiger partial charge in [-0.2, -0.15) is 5.10 Å². The molecule has 114 valence electrons. The van der Waals surface area contributed by atoms with Gasteiger partial charge < -0.3 is 10.1 Å². The normalized spacial score (nSPS) is 24.8. The number of methoxy groups -OCH3 is 1. The van der Waals surface area contributed by atoms with E-state index in [1.165, 1.54) is 31.4 Å². The van der Waals surface area contributed by atoms with Crippen molar-refractivity contribution >= 4 is 15.9 Å². The maximum Gasteiger partial charge on any atom is 0.0699 e. The summed E-state index contributed by atoms with van der Waals surface area (Å²) in [4.78, 5) is 0. The van der Waals surface area contributed by atoms with Gasteiger partial charge in [-0.05, 0) is 47.7 Å². The average Bonchev–Trinajstić information content (AvgIpc) is 2.81. The van der Waals surface area contributed by atoms with Crippen molar-refractivity contribution in [3.05, 3.63) is 16.4 Å². The first-order valence-electron chi connectivity index (χ1n) is 7.54. The van der Waals surface area contributed by atoms with Gasteiger partial charge in [-0.15, -0.1) is 0 Å². The molecule has 1 saturated carbocycles. The van der Waals surface area contributed by atoms with E-state index >= 15 is 0 Å². The van der Waals surface area contributed by atoms with Crippen LogP contribution in [0.5, 0.6) is 0 Å². The maximum absolute atomic E-state index is 5.19. The third kappa shape index (κ3) is 3.62. The maximum atomic E-state index is 5.19. The number of hydrogen-bond donors (Lipinski definition) is 1. The fraction of sp³-hybridized carbons (Fsp3) is 0.800. The number of hydrogen-bond acceptors (Lipinski definition) is 3. The van der Waals surface area contributed by atoms with Crippen LogP contribution in [0.2, 0.25) is 0 Å². The van der Waals surface area contributed by atoms with E-state index in [1.54, 1.807) is 7.11 Å². The molecule has 5 heteroatoms. The summed E-state index contributed by atoms with van der Waals surface area (Å²) in [6.07, 6.45) is 7.18. The highest BCUT2D eigenvalue weighted by atomic mass is 79.9. The van der Waals surface area contributed by atoms with Gasteiger partial charge in [-0.25, -0.2) is 0 Å². The molecule has 1 fully saturated rings. The fourth-order valence-corrected chi connectivity index (χ4v) is 3.79. The zero-order chi connectivity index (χ0) is 14.5. The number of ether oxygens (including phenoxy) is 1. The van der Waals surface area contributed by atoms with E-state index in [-0.39, 0.29) is 0 Å². The summed E-state index contributed by atoms with van der Waals surface area (Å²) in [5, 5.41) is 8.00. The minimum Gasteiger partial charge on any atom is -0.383 e. The molecule has 0 aliphatic heterocycles. The smallest absolute Gasteiger partial charge is 0.0699 e. The van der Waals surface area contributed by atoms with Crippen LogP contribution in [0, 0.1) is 11.8 Å². The second kappa shape index (κ2) is 7.57. The molecule has 0 bridgehead atoms. The molecule has 4 nitrogen and oxygen atoms in total. The van der Waals surface area contributed by atoms with Crippen molar-refractivity contribution in [2.75, 3.05) is 20.8 Å². The summed E-state index contributed by atoms with van der Waals surface area (Å²) in [6.45, 7) is 3.86. The first-order valence-corrected chi connectivity index (χ1v) is 8.34. The standard InChI is InChI=1S/C15H26BrN3O/c1-11-4-6-12(7-5-11)14(17-2)15-13(16)10-18-19(15)8-9-20-3/h10-12,14,17H,4-9H2,1-3H3. The average molecular weight is 344 g/mol. The van der Waals surface area contributed by atoms with Crippen molar-refractivity contribution in [3.8, 4) is 0 Å². The van der Waals surface area contributed by atoms with E-state index in [9.17, 15) is 0 Å². The molecule has 0 aromatic carbocycles. The molecule has 1 aliphatic rings. The number of nitrogens with one attached hydrogen (secondary N) is 1. The highest BCUT2D eigenvalue weighted by Gasteiger charge is 2.29. The quantitative estimate of drug-likeness (QED) is 0.860. The Morgan fingerprint density at radius 2 is 2.15 bits per heavy atom. The van der Waals surface area contributed by atoms with E-state index < -0.39 is 0 Å². The predicted octanol–water partition coefficient (Wildman–Crippen LogP) is 3.38. The van der Waals surface area contributed by atoms with Crippen molar-refractivity contribution in [2.45, 2.75) is 45.2 Å². The highest BCUT2D eigenvalue weighted by Crippen LogP contribution is 2.38. The summed E-state index contributed by atoms with van der Waals surface area (Å²) in [7, 11) is 3.79. The first kappa shape index (κ1) is 16.0. The van der Waals surface area contributed by atoms with Crippen LogP contribution in [0.4, 0.5) is 0 Å². The monoisotopic (exact) mass is 343 g/mol. The van der Waals surface area contributed by atoms with E-state index in [1.807, 2.05) is 6.20 Å². The molecular weight excluding hydrogens is 318 g/mol. The lowest BCUT2D eigenvalue weighted by Gasteiger charge is -2.33. The molecule has 20 heavy (non-hydrogen) atoms. The third-order valence-electron chi connectivity index (χ3n) is 4.48. The van der Waals surface area contributed by atoms with Crippen molar-refractivity contribution < 1.29 is 4.74 Å². The summed E-state index contributed by atoms with van der Waals surface area (Å²) in [5.74, 6) is 1.58. The predicted molar refractivity (Wildman–Crippen MR) is 84.7 cm³/mol. The van der Waals surface area contributed by atoms with Gasteiger partial charge in [0.15, 0.2) is 0 Å². The van der Waals surface area contributed by atoms with Crippen LogP contribution in [0.15, 0.2) is 10.7 Å². The van der Waals surface area contributed by atoms with Gasteiger partial charge >= 0.3 is 0 Å². The van der Waals surface area contributed by atoms with Gasteiger partial charge in [-0.1, -0.05) is 19.8 Å². The molecule has 0 saturated heterocycles. The molecule has 1 atom stereocenters.